The normalized spacial score (nSPS) is 16.2. The fourth-order valence-electron chi connectivity index (χ4n) is 4.24. The summed E-state index contributed by atoms with van der Waals surface area (Å²) in [6.45, 7) is 5.18. The van der Waals surface area contributed by atoms with Crippen molar-refractivity contribution in [2.24, 2.45) is 0 Å². The van der Waals surface area contributed by atoms with Crippen LogP contribution in [-0.2, 0) is 21.5 Å². The van der Waals surface area contributed by atoms with E-state index < -0.39 is 5.91 Å². The third-order valence-corrected chi connectivity index (χ3v) is 6.20. The molecule has 3 rings (SSSR count). The lowest BCUT2D eigenvalue weighted by Gasteiger charge is -2.44. The largest absolute Gasteiger partial charge is 0.345 e. The zero-order chi connectivity index (χ0) is 22.3. The van der Waals surface area contributed by atoms with Crippen molar-refractivity contribution in [3.63, 3.8) is 0 Å². The molecular formula is C25H31N3O3. The molecule has 164 valence electrons. The highest BCUT2D eigenvalue weighted by Crippen LogP contribution is 2.36. The highest BCUT2D eigenvalue weighted by atomic mass is 16.5. The van der Waals surface area contributed by atoms with Crippen molar-refractivity contribution in [1.29, 1.82) is 0 Å². The number of hydrogen-bond donors (Lipinski definition) is 2. The molecule has 0 saturated carbocycles. The molecule has 31 heavy (non-hydrogen) atoms. The molecule has 0 atom stereocenters. The fourth-order valence-corrected chi connectivity index (χ4v) is 4.24. The van der Waals surface area contributed by atoms with Crippen LogP contribution in [0.2, 0.25) is 0 Å². The predicted molar refractivity (Wildman–Crippen MR) is 121 cm³/mol. The Balaban J connectivity index is 1.64. The zero-order valence-corrected chi connectivity index (χ0v) is 18.3. The molecule has 2 aromatic carbocycles. The number of likely N-dealkylation sites (N-methyl/N-ethyl adjacent to an activating group) is 1. The molecule has 0 spiro atoms. The lowest BCUT2D eigenvalue weighted by Crippen LogP contribution is -2.48. The number of amides is 2. The van der Waals surface area contributed by atoms with Crippen LogP contribution in [0.4, 0.5) is 0 Å². The van der Waals surface area contributed by atoms with E-state index in [2.05, 4.69) is 41.3 Å². The minimum Gasteiger partial charge on any atom is -0.345 e. The summed E-state index contributed by atoms with van der Waals surface area (Å²) in [6, 6.07) is 18.6. The van der Waals surface area contributed by atoms with E-state index in [-0.39, 0.29) is 11.3 Å². The molecule has 6 heteroatoms. The molecule has 1 saturated heterocycles. The summed E-state index contributed by atoms with van der Waals surface area (Å²) in [5.41, 5.74) is 5.00. The van der Waals surface area contributed by atoms with Crippen molar-refractivity contribution in [1.82, 2.24) is 15.3 Å². The molecule has 0 bridgehead atoms. The van der Waals surface area contributed by atoms with Crippen LogP contribution in [0.3, 0.4) is 0 Å². The summed E-state index contributed by atoms with van der Waals surface area (Å²) in [5.74, 6) is -0.446. The van der Waals surface area contributed by atoms with Crippen molar-refractivity contribution in [3.8, 4) is 0 Å². The van der Waals surface area contributed by atoms with Crippen LogP contribution >= 0.6 is 0 Å². The van der Waals surface area contributed by atoms with Crippen molar-refractivity contribution in [3.05, 3.63) is 77.4 Å². The van der Waals surface area contributed by atoms with Crippen molar-refractivity contribution < 1.29 is 14.8 Å². The van der Waals surface area contributed by atoms with Gasteiger partial charge in [-0.1, -0.05) is 54.6 Å². The average Bonchev–Trinajstić information content (AvgIpc) is 2.80. The number of hydrogen-bond acceptors (Lipinski definition) is 4. The summed E-state index contributed by atoms with van der Waals surface area (Å²) in [7, 11) is 1.89. The van der Waals surface area contributed by atoms with Crippen molar-refractivity contribution >= 4 is 17.9 Å². The van der Waals surface area contributed by atoms with Crippen LogP contribution in [0.1, 0.15) is 36.5 Å². The number of piperidine rings is 1. The van der Waals surface area contributed by atoms with Crippen LogP contribution in [0, 0.1) is 0 Å². The molecule has 0 aliphatic carbocycles. The van der Waals surface area contributed by atoms with Gasteiger partial charge in [-0.25, -0.2) is 5.48 Å². The van der Waals surface area contributed by atoms with Gasteiger partial charge in [0.2, 0.25) is 5.91 Å². The molecule has 0 unspecified atom stereocenters. The molecule has 1 aliphatic heterocycles. The molecular weight excluding hydrogens is 390 g/mol. The van der Waals surface area contributed by atoms with E-state index in [4.69, 9.17) is 5.21 Å². The van der Waals surface area contributed by atoms with Crippen molar-refractivity contribution in [2.75, 3.05) is 26.7 Å². The number of nitrogens with zero attached hydrogens (tertiary/aromatic N) is 2. The number of benzene rings is 2. The third kappa shape index (κ3) is 6.03. The Morgan fingerprint density at radius 2 is 1.74 bits per heavy atom. The lowest BCUT2D eigenvalue weighted by molar-refractivity contribution is -0.128. The molecule has 0 aromatic heterocycles. The Morgan fingerprint density at radius 3 is 2.32 bits per heavy atom. The SMILES string of the molecule is CC(=O)N(C)CC1(c2ccccc2)CCN(Cc2ccc(/C=C/C(=O)NO)cc2)CC1. The van der Waals surface area contributed by atoms with Crippen LogP contribution in [0.15, 0.2) is 60.7 Å². The van der Waals surface area contributed by atoms with E-state index in [1.54, 1.807) is 18.5 Å². The second-order valence-corrected chi connectivity index (χ2v) is 8.35. The van der Waals surface area contributed by atoms with Gasteiger partial charge in [0.25, 0.3) is 5.91 Å². The molecule has 2 N–H and O–H groups in total. The first kappa shape index (κ1) is 22.7. The van der Waals surface area contributed by atoms with E-state index in [1.165, 1.54) is 17.2 Å². The van der Waals surface area contributed by atoms with Gasteiger partial charge in [0.1, 0.15) is 0 Å². The number of carbonyl (C=O) groups is 2. The van der Waals surface area contributed by atoms with Gasteiger partial charge < -0.3 is 4.90 Å². The number of rotatable bonds is 7. The molecule has 1 heterocycles. The van der Waals surface area contributed by atoms with Gasteiger partial charge in [-0.2, -0.15) is 0 Å². The first-order valence-corrected chi connectivity index (χ1v) is 10.6. The highest BCUT2D eigenvalue weighted by Gasteiger charge is 2.37. The summed E-state index contributed by atoms with van der Waals surface area (Å²) in [6.07, 6.45) is 4.97. The quantitative estimate of drug-likeness (QED) is 0.409. The summed E-state index contributed by atoms with van der Waals surface area (Å²) < 4.78 is 0. The van der Waals surface area contributed by atoms with E-state index in [1.807, 2.05) is 30.1 Å². The number of carbonyl (C=O) groups excluding carboxylic acids is 2. The standard InChI is InChI=1S/C25H31N3O3/c1-20(29)27(2)19-25(23-6-4-3-5-7-23)14-16-28(17-15-25)18-22-10-8-21(9-11-22)12-13-24(30)26-31/h3-13,31H,14-19H2,1-2H3,(H,26,30)/b13-12+. The number of hydroxylamine groups is 1. The maximum Gasteiger partial charge on any atom is 0.267 e. The van der Waals surface area contributed by atoms with Gasteiger partial charge in [-0.3, -0.25) is 19.7 Å². The molecule has 2 amide bonds. The monoisotopic (exact) mass is 421 g/mol. The molecule has 1 aliphatic rings. The maximum atomic E-state index is 11.9. The molecule has 2 aromatic rings. The lowest BCUT2D eigenvalue weighted by atomic mass is 9.72. The third-order valence-electron chi connectivity index (χ3n) is 6.20. The number of likely N-dealkylation sites (tertiary alicyclic amines) is 1. The van der Waals surface area contributed by atoms with Crippen LogP contribution < -0.4 is 5.48 Å². The topological polar surface area (TPSA) is 72.9 Å². The van der Waals surface area contributed by atoms with E-state index >= 15 is 0 Å². The summed E-state index contributed by atoms with van der Waals surface area (Å²) in [4.78, 5) is 27.3. The van der Waals surface area contributed by atoms with Crippen LogP contribution in [0.5, 0.6) is 0 Å². The highest BCUT2D eigenvalue weighted by molar-refractivity contribution is 5.90. The zero-order valence-electron chi connectivity index (χ0n) is 18.3. The second kappa shape index (κ2) is 10.4. The van der Waals surface area contributed by atoms with Crippen LogP contribution in [-0.4, -0.2) is 53.5 Å². The van der Waals surface area contributed by atoms with E-state index in [0.717, 1.165) is 44.6 Å². The molecule has 1 fully saturated rings. The number of nitrogens with one attached hydrogen (secondary N) is 1. The Kier molecular flexibility index (Phi) is 7.60. The van der Waals surface area contributed by atoms with Gasteiger partial charge >= 0.3 is 0 Å². The maximum absolute atomic E-state index is 11.9. The van der Waals surface area contributed by atoms with Crippen molar-refractivity contribution in [2.45, 2.75) is 31.7 Å². The predicted octanol–water partition coefficient (Wildman–Crippen LogP) is 3.22. The van der Waals surface area contributed by atoms with Gasteiger partial charge in [0.05, 0.1) is 0 Å². The fraction of sp³-hybridized carbons (Fsp3) is 0.360. The van der Waals surface area contributed by atoms with Gasteiger partial charge in [-0.15, -0.1) is 0 Å². The average molecular weight is 422 g/mol. The van der Waals surface area contributed by atoms with Gasteiger partial charge in [0.15, 0.2) is 0 Å². The van der Waals surface area contributed by atoms with Gasteiger partial charge in [-0.05, 0) is 48.7 Å². The molecule has 6 nitrogen and oxygen atoms in total. The van der Waals surface area contributed by atoms with Crippen LogP contribution in [0.25, 0.3) is 6.08 Å². The first-order valence-electron chi connectivity index (χ1n) is 10.6. The Morgan fingerprint density at radius 1 is 1.10 bits per heavy atom. The molecule has 0 radical (unpaired) electrons. The Labute approximate surface area is 184 Å². The smallest absolute Gasteiger partial charge is 0.267 e. The Bertz CT molecular complexity index is 901. The summed E-state index contributed by atoms with van der Waals surface area (Å²) in [5, 5.41) is 8.55. The Hall–Kier alpha value is -2.96. The minimum absolute atomic E-state index is 0.0138. The van der Waals surface area contributed by atoms with E-state index in [0.29, 0.717) is 0 Å². The first-order chi connectivity index (χ1) is 14.9. The van der Waals surface area contributed by atoms with E-state index in [9.17, 15) is 9.59 Å². The minimum atomic E-state index is -0.547. The van der Waals surface area contributed by atoms with Gasteiger partial charge in [0, 0.05) is 38.6 Å². The second-order valence-electron chi connectivity index (χ2n) is 8.35. The summed E-state index contributed by atoms with van der Waals surface area (Å²) >= 11 is 0.